The predicted octanol–water partition coefficient (Wildman–Crippen LogP) is 2.61. The number of nitrogens with zero attached hydrogens (tertiary/aromatic N) is 1. The number of hydrogen-bond donors (Lipinski definition) is 1. The monoisotopic (exact) mass is 300 g/mol. The van der Waals surface area contributed by atoms with E-state index in [1.54, 1.807) is 13.0 Å². The highest BCUT2D eigenvalue weighted by atomic mass is 16.2. The fraction of sp³-hybridized carbons (Fsp3) is 0.444. The minimum atomic E-state index is -0.481. The summed E-state index contributed by atoms with van der Waals surface area (Å²) in [6.07, 6.45) is 7.70. The number of likely N-dealkylation sites (tertiary alicyclic amines) is 1. The molecule has 0 saturated carbocycles. The van der Waals surface area contributed by atoms with Crippen molar-refractivity contribution in [3.05, 3.63) is 42.0 Å². The lowest BCUT2D eigenvalue weighted by Crippen LogP contribution is -2.46. The van der Waals surface area contributed by atoms with Gasteiger partial charge in [0.15, 0.2) is 0 Å². The molecule has 0 radical (unpaired) electrons. The highest BCUT2D eigenvalue weighted by molar-refractivity contribution is 5.95. The lowest BCUT2D eigenvalue weighted by atomic mass is 10.2. The molecule has 1 N–H and O–H groups in total. The predicted molar refractivity (Wildman–Crippen MR) is 88.1 cm³/mol. The average Bonchev–Trinajstić information content (AvgIpc) is 2.82. The lowest BCUT2D eigenvalue weighted by Gasteiger charge is -2.24. The van der Waals surface area contributed by atoms with Crippen LogP contribution in [-0.2, 0) is 9.59 Å². The van der Waals surface area contributed by atoms with Crippen molar-refractivity contribution in [1.29, 1.82) is 0 Å². The molecule has 0 aromatic heterocycles. The van der Waals surface area contributed by atoms with Crippen LogP contribution in [0.1, 0.15) is 38.2 Å². The summed E-state index contributed by atoms with van der Waals surface area (Å²) in [6, 6.07) is 9.14. The van der Waals surface area contributed by atoms with Crippen molar-refractivity contribution in [2.75, 3.05) is 13.1 Å². The van der Waals surface area contributed by atoms with Crippen LogP contribution in [0, 0.1) is 0 Å². The van der Waals surface area contributed by atoms with Gasteiger partial charge in [0.2, 0.25) is 11.8 Å². The zero-order valence-corrected chi connectivity index (χ0v) is 13.1. The Kier molecular flexibility index (Phi) is 6.19. The number of carbonyl (C=O) groups is 2. The van der Waals surface area contributed by atoms with Crippen LogP contribution in [0.15, 0.2) is 36.4 Å². The Bertz CT molecular complexity index is 517. The summed E-state index contributed by atoms with van der Waals surface area (Å²) in [5.74, 6) is -0.220. The van der Waals surface area contributed by atoms with Gasteiger partial charge in [-0.15, -0.1) is 0 Å². The molecule has 1 aromatic carbocycles. The van der Waals surface area contributed by atoms with Crippen molar-refractivity contribution in [3.63, 3.8) is 0 Å². The summed E-state index contributed by atoms with van der Waals surface area (Å²) in [6.45, 7) is 3.36. The third kappa shape index (κ3) is 5.02. The topological polar surface area (TPSA) is 49.4 Å². The number of benzene rings is 1. The molecule has 1 aliphatic heterocycles. The average molecular weight is 300 g/mol. The van der Waals surface area contributed by atoms with Gasteiger partial charge >= 0.3 is 0 Å². The highest BCUT2D eigenvalue weighted by Gasteiger charge is 2.21. The number of nitrogens with one attached hydrogen (secondary N) is 1. The quantitative estimate of drug-likeness (QED) is 0.869. The molecule has 0 unspecified atom stereocenters. The Hall–Kier alpha value is -2.10. The normalized spacial score (nSPS) is 17.0. The number of carbonyl (C=O) groups excluding carboxylic acids is 2. The second-order valence-electron chi connectivity index (χ2n) is 5.71. The first-order valence-electron chi connectivity index (χ1n) is 7.99. The van der Waals surface area contributed by atoms with Crippen molar-refractivity contribution >= 4 is 17.9 Å². The molecule has 1 aromatic rings. The van der Waals surface area contributed by atoms with Gasteiger partial charge in [0, 0.05) is 19.2 Å². The number of hydrogen-bond acceptors (Lipinski definition) is 2. The van der Waals surface area contributed by atoms with Gasteiger partial charge in [0.05, 0.1) is 0 Å². The molecule has 0 spiro atoms. The molecule has 2 amide bonds. The van der Waals surface area contributed by atoms with Gasteiger partial charge in [-0.25, -0.2) is 0 Å². The first-order chi connectivity index (χ1) is 10.7. The molecule has 4 heteroatoms. The van der Waals surface area contributed by atoms with E-state index in [9.17, 15) is 9.59 Å². The van der Waals surface area contributed by atoms with Gasteiger partial charge in [-0.3, -0.25) is 9.59 Å². The van der Waals surface area contributed by atoms with Crippen LogP contribution in [0.5, 0.6) is 0 Å². The molecule has 118 valence electrons. The fourth-order valence-corrected chi connectivity index (χ4v) is 2.62. The van der Waals surface area contributed by atoms with Crippen LogP contribution in [0.2, 0.25) is 0 Å². The fourth-order valence-electron chi connectivity index (χ4n) is 2.62. The molecule has 1 heterocycles. The summed E-state index contributed by atoms with van der Waals surface area (Å²) in [4.78, 5) is 26.1. The molecule has 1 atom stereocenters. The highest BCUT2D eigenvalue weighted by Crippen LogP contribution is 2.10. The molecule has 4 nitrogen and oxygen atoms in total. The Morgan fingerprint density at radius 2 is 1.73 bits per heavy atom. The molecule has 22 heavy (non-hydrogen) atoms. The minimum Gasteiger partial charge on any atom is -0.341 e. The van der Waals surface area contributed by atoms with Crippen LogP contribution in [0.4, 0.5) is 0 Å². The van der Waals surface area contributed by atoms with Crippen LogP contribution in [0.3, 0.4) is 0 Å². The zero-order valence-electron chi connectivity index (χ0n) is 13.1. The van der Waals surface area contributed by atoms with Gasteiger partial charge < -0.3 is 10.2 Å². The minimum absolute atomic E-state index is 0.0170. The maximum absolute atomic E-state index is 12.3. The molecular formula is C18H24N2O2. The van der Waals surface area contributed by atoms with E-state index in [4.69, 9.17) is 0 Å². The van der Waals surface area contributed by atoms with Crippen molar-refractivity contribution in [2.45, 2.75) is 38.6 Å². The molecular weight excluding hydrogens is 276 g/mol. The molecule has 1 aliphatic rings. The molecule has 2 rings (SSSR count). The molecule has 1 saturated heterocycles. The van der Waals surface area contributed by atoms with Crippen molar-refractivity contribution in [3.8, 4) is 0 Å². The van der Waals surface area contributed by atoms with E-state index >= 15 is 0 Å². The second-order valence-corrected chi connectivity index (χ2v) is 5.71. The summed E-state index contributed by atoms with van der Waals surface area (Å²) < 4.78 is 0. The van der Waals surface area contributed by atoms with E-state index in [0.717, 1.165) is 31.5 Å². The smallest absolute Gasteiger partial charge is 0.244 e. The Balaban J connectivity index is 1.85. The van der Waals surface area contributed by atoms with E-state index in [-0.39, 0.29) is 11.8 Å². The van der Waals surface area contributed by atoms with E-state index < -0.39 is 6.04 Å². The van der Waals surface area contributed by atoms with Gasteiger partial charge in [0.25, 0.3) is 0 Å². The second kappa shape index (κ2) is 8.37. The van der Waals surface area contributed by atoms with Crippen LogP contribution >= 0.6 is 0 Å². The first-order valence-corrected chi connectivity index (χ1v) is 7.99. The molecule has 0 aliphatic carbocycles. The maximum Gasteiger partial charge on any atom is 0.244 e. The summed E-state index contributed by atoms with van der Waals surface area (Å²) in [5, 5.41) is 2.75. The zero-order chi connectivity index (χ0) is 15.8. The summed E-state index contributed by atoms with van der Waals surface area (Å²) in [7, 11) is 0. The molecule has 0 bridgehead atoms. The van der Waals surface area contributed by atoms with Gasteiger partial charge in [0.1, 0.15) is 6.04 Å². The van der Waals surface area contributed by atoms with Crippen molar-refractivity contribution in [1.82, 2.24) is 10.2 Å². The van der Waals surface area contributed by atoms with Crippen LogP contribution < -0.4 is 5.32 Å². The molecule has 1 fully saturated rings. The van der Waals surface area contributed by atoms with Gasteiger partial charge in [-0.1, -0.05) is 43.2 Å². The first kappa shape index (κ1) is 16.3. The van der Waals surface area contributed by atoms with E-state index in [2.05, 4.69) is 5.32 Å². The van der Waals surface area contributed by atoms with Crippen LogP contribution in [-0.4, -0.2) is 35.8 Å². The van der Waals surface area contributed by atoms with Crippen LogP contribution in [0.25, 0.3) is 6.08 Å². The van der Waals surface area contributed by atoms with Gasteiger partial charge in [-0.05, 0) is 31.4 Å². The van der Waals surface area contributed by atoms with Crippen molar-refractivity contribution in [2.24, 2.45) is 0 Å². The number of rotatable bonds is 4. The Morgan fingerprint density at radius 3 is 2.36 bits per heavy atom. The summed E-state index contributed by atoms with van der Waals surface area (Å²) in [5.41, 5.74) is 0.962. The third-order valence-corrected chi connectivity index (χ3v) is 3.87. The number of amides is 2. The Labute approximate surface area is 132 Å². The third-order valence-electron chi connectivity index (χ3n) is 3.87. The van der Waals surface area contributed by atoms with Gasteiger partial charge in [-0.2, -0.15) is 0 Å². The van der Waals surface area contributed by atoms with E-state index in [0.29, 0.717) is 0 Å². The van der Waals surface area contributed by atoms with Crippen molar-refractivity contribution < 1.29 is 9.59 Å². The SMILES string of the molecule is C[C@H](NC(=O)/C=C\c1ccccc1)C(=O)N1CCCCCC1. The maximum atomic E-state index is 12.3. The largest absolute Gasteiger partial charge is 0.341 e. The van der Waals surface area contributed by atoms with E-state index in [1.807, 2.05) is 35.2 Å². The Morgan fingerprint density at radius 1 is 1.09 bits per heavy atom. The standard InChI is InChI=1S/C18H24N2O2/c1-15(18(22)20-13-7-2-3-8-14-20)19-17(21)12-11-16-9-5-4-6-10-16/h4-6,9-12,15H,2-3,7-8,13-14H2,1H3,(H,19,21)/b12-11-/t15-/m0/s1. The summed E-state index contributed by atoms with van der Waals surface area (Å²) >= 11 is 0. The lowest BCUT2D eigenvalue weighted by molar-refractivity contribution is -0.135. The van der Waals surface area contributed by atoms with E-state index in [1.165, 1.54) is 18.9 Å².